The summed E-state index contributed by atoms with van der Waals surface area (Å²) in [5.74, 6) is 0.969. The summed E-state index contributed by atoms with van der Waals surface area (Å²) in [5.41, 5.74) is 3.35. The van der Waals surface area contributed by atoms with Crippen molar-refractivity contribution in [2.24, 2.45) is 0 Å². The van der Waals surface area contributed by atoms with Crippen LogP contribution in [0.5, 0.6) is 0 Å². The second-order valence-electron chi connectivity index (χ2n) is 5.53. The largest absolute Gasteiger partial charge is 0.368 e. The molecule has 0 unspecified atom stereocenters. The highest BCUT2D eigenvalue weighted by Crippen LogP contribution is 2.22. The van der Waals surface area contributed by atoms with E-state index in [9.17, 15) is 0 Å². The summed E-state index contributed by atoms with van der Waals surface area (Å²) in [7, 11) is 0. The van der Waals surface area contributed by atoms with E-state index in [2.05, 4.69) is 38.0 Å². The van der Waals surface area contributed by atoms with Crippen LogP contribution in [0.15, 0.2) is 48.5 Å². The molecule has 1 aliphatic rings. The van der Waals surface area contributed by atoms with Crippen molar-refractivity contribution >= 4 is 34.3 Å². The van der Waals surface area contributed by atoms with Crippen molar-refractivity contribution in [2.45, 2.75) is 0 Å². The third-order valence-electron chi connectivity index (χ3n) is 4.15. The lowest BCUT2D eigenvalue weighted by Crippen LogP contribution is -2.46. The number of halogens is 1. The molecule has 2 heterocycles. The summed E-state index contributed by atoms with van der Waals surface area (Å²) in [6.07, 6.45) is 0. The normalized spacial score (nSPS) is 15.5. The van der Waals surface area contributed by atoms with Gasteiger partial charge in [0.1, 0.15) is 0 Å². The SMILES string of the molecule is Clc1ccc(N2CCN(c3nc4ccccc4[nH]3)CC2)cc1. The summed E-state index contributed by atoms with van der Waals surface area (Å²) >= 11 is 5.95. The fourth-order valence-corrected chi connectivity index (χ4v) is 3.04. The van der Waals surface area contributed by atoms with E-state index >= 15 is 0 Å². The Morgan fingerprint density at radius 3 is 2.27 bits per heavy atom. The molecular formula is C17H17ClN4. The summed E-state index contributed by atoms with van der Waals surface area (Å²) in [5, 5.41) is 0.782. The van der Waals surface area contributed by atoms with Crippen LogP contribution in [-0.4, -0.2) is 36.1 Å². The van der Waals surface area contributed by atoms with Gasteiger partial charge in [0.2, 0.25) is 5.95 Å². The molecule has 0 radical (unpaired) electrons. The fraction of sp³-hybridized carbons (Fsp3) is 0.235. The van der Waals surface area contributed by atoms with E-state index in [1.807, 2.05) is 30.3 Å². The van der Waals surface area contributed by atoms with E-state index in [0.29, 0.717) is 0 Å². The lowest BCUT2D eigenvalue weighted by molar-refractivity contribution is 0.643. The molecule has 1 N–H and O–H groups in total. The van der Waals surface area contributed by atoms with Gasteiger partial charge in [0, 0.05) is 36.9 Å². The first kappa shape index (κ1) is 13.5. The number of aromatic amines is 1. The minimum Gasteiger partial charge on any atom is -0.368 e. The first-order valence-electron chi connectivity index (χ1n) is 7.50. The zero-order valence-corrected chi connectivity index (χ0v) is 12.9. The van der Waals surface area contributed by atoms with Crippen molar-refractivity contribution in [2.75, 3.05) is 36.0 Å². The molecule has 0 bridgehead atoms. The van der Waals surface area contributed by atoms with Crippen LogP contribution in [-0.2, 0) is 0 Å². The number of aromatic nitrogens is 2. The highest BCUT2D eigenvalue weighted by molar-refractivity contribution is 6.30. The van der Waals surface area contributed by atoms with Gasteiger partial charge in [-0.25, -0.2) is 4.98 Å². The molecule has 1 saturated heterocycles. The number of imidazole rings is 1. The minimum atomic E-state index is 0.782. The molecular weight excluding hydrogens is 296 g/mol. The molecule has 2 aromatic carbocycles. The molecule has 112 valence electrons. The summed E-state index contributed by atoms with van der Waals surface area (Å²) < 4.78 is 0. The van der Waals surface area contributed by atoms with Crippen LogP contribution in [0.1, 0.15) is 0 Å². The lowest BCUT2D eigenvalue weighted by Gasteiger charge is -2.36. The Balaban J connectivity index is 1.48. The number of piperazine rings is 1. The van der Waals surface area contributed by atoms with Gasteiger partial charge in [-0.1, -0.05) is 23.7 Å². The number of hydrogen-bond donors (Lipinski definition) is 1. The lowest BCUT2D eigenvalue weighted by atomic mass is 10.2. The maximum Gasteiger partial charge on any atom is 0.203 e. The van der Waals surface area contributed by atoms with Crippen molar-refractivity contribution in [3.63, 3.8) is 0 Å². The van der Waals surface area contributed by atoms with Gasteiger partial charge in [0.05, 0.1) is 11.0 Å². The third kappa shape index (κ3) is 2.50. The number of rotatable bonds is 2. The maximum atomic E-state index is 5.95. The van der Waals surface area contributed by atoms with Crippen LogP contribution in [0.25, 0.3) is 11.0 Å². The second-order valence-corrected chi connectivity index (χ2v) is 5.96. The third-order valence-corrected chi connectivity index (χ3v) is 4.40. The molecule has 4 nitrogen and oxygen atoms in total. The topological polar surface area (TPSA) is 35.2 Å². The van der Waals surface area contributed by atoms with Gasteiger partial charge in [-0.2, -0.15) is 0 Å². The smallest absolute Gasteiger partial charge is 0.203 e. The number of anilines is 2. The highest BCUT2D eigenvalue weighted by atomic mass is 35.5. The maximum absolute atomic E-state index is 5.95. The van der Waals surface area contributed by atoms with Crippen LogP contribution >= 0.6 is 11.6 Å². The number of H-pyrrole nitrogens is 1. The number of nitrogens with zero attached hydrogens (tertiary/aromatic N) is 3. The summed E-state index contributed by atoms with van der Waals surface area (Å²) in [4.78, 5) is 12.8. The predicted molar refractivity (Wildman–Crippen MR) is 92.0 cm³/mol. The van der Waals surface area contributed by atoms with Crippen molar-refractivity contribution in [3.8, 4) is 0 Å². The molecule has 4 rings (SSSR count). The molecule has 1 fully saturated rings. The molecule has 5 heteroatoms. The predicted octanol–water partition coefficient (Wildman–Crippen LogP) is 3.54. The zero-order valence-electron chi connectivity index (χ0n) is 12.2. The van der Waals surface area contributed by atoms with E-state index in [4.69, 9.17) is 11.6 Å². The van der Waals surface area contributed by atoms with Crippen molar-refractivity contribution in [1.82, 2.24) is 9.97 Å². The first-order valence-corrected chi connectivity index (χ1v) is 7.88. The quantitative estimate of drug-likeness (QED) is 0.786. The van der Waals surface area contributed by atoms with Gasteiger partial charge in [-0.3, -0.25) is 0 Å². The Kier molecular flexibility index (Phi) is 3.39. The minimum absolute atomic E-state index is 0.782. The van der Waals surface area contributed by atoms with E-state index in [-0.39, 0.29) is 0 Å². The van der Waals surface area contributed by atoms with Gasteiger partial charge in [0.25, 0.3) is 0 Å². The molecule has 22 heavy (non-hydrogen) atoms. The van der Waals surface area contributed by atoms with E-state index in [0.717, 1.165) is 48.2 Å². The van der Waals surface area contributed by atoms with Gasteiger partial charge < -0.3 is 14.8 Å². The Morgan fingerprint density at radius 1 is 0.864 bits per heavy atom. The molecule has 1 aliphatic heterocycles. The monoisotopic (exact) mass is 312 g/mol. The number of nitrogens with one attached hydrogen (secondary N) is 1. The van der Waals surface area contributed by atoms with Gasteiger partial charge in [0.15, 0.2) is 0 Å². The molecule has 0 atom stereocenters. The van der Waals surface area contributed by atoms with Crippen LogP contribution < -0.4 is 9.80 Å². The molecule has 1 aromatic heterocycles. The van der Waals surface area contributed by atoms with Gasteiger partial charge in [-0.15, -0.1) is 0 Å². The van der Waals surface area contributed by atoms with Crippen LogP contribution in [0.2, 0.25) is 5.02 Å². The molecule has 0 spiro atoms. The Hall–Kier alpha value is -2.20. The average Bonchev–Trinajstić information content (AvgIpc) is 3.00. The fourth-order valence-electron chi connectivity index (χ4n) is 2.92. The van der Waals surface area contributed by atoms with Crippen LogP contribution in [0.4, 0.5) is 11.6 Å². The summed E-state index contributed by atoms with van der Waals surface area (Å²) in [6.45, 7) is 3.89. The van der Waals surface area contributed by atoms with E-state index in [1.54, 1.807) is 0 Å². The number of fused-ring (bicyclic) bond motifs is 1. The molecule has 3 aromatic rings. The highest BCUT2D eigenvalue weighted by Gasteiger charge is 2.19. The second kappa shape index (κ2) is 5.54. The Morgan fingerprint density at radius 2 is 1.55 bits per heavy atom. The van der Waals surface area contributed by atoms with Crippen LogP contribution in [0.3, 0.4) is 0 Å². The van der Waals surface area contributed by atoms with Crippen LogP contribution in [0, 0.1) is 0 Å². The zero-order chi connectivity index (χ0) is 14.9. The van der Waals surface area contributed by atoms with Gasteiger partial charge in [-0.05, 0) is 36.4 Å². The Bertz CT molecular complexity index is 740. The Labute approximate surface area is 134 Å². The number of benzene rings is 2. The standard InChI is InChI=1S/C17H17ClN4/c18-13-5-7-14(8-6-13)21-9-11-22(12-10-21)17-19-15-3-1-2-4-16(15)20-17/h1-8H,9-12H2,(H,19,20). The number of para-hydroxylation sites is 2. The molecule has 0 saturated carbocycles. The average molecular weight is 313 g/mol. The van der Waals surface area contributed by atoms with Crippen molar-refractivity contribution in [1.29, 1.82) is 0 Å². The van der Waals surface area contributed by atoms with E-state index < -0.39 is 0 Å². The van der Waals surface area contributed by atoms with E-state index in [1.165, 1.54) is 5.69 Å². The van der Waals surface area contributed by atoms with Crippen molar-refractivity contribution in [3.05, 3.63) is 53.6 Å². The first-order chi connectivity index (χ1) is 10.8. The molecule has 0 aliphatic carbocycles. The molecule has 0 amide bonds. The summed E-state index contributed by atoms with van der Waals surface area (Å²) in [6, 6.07) is 16.2. The van der Waals surface area contributed by atoms with Crippen molar-refractivity contribution < 1.29 is 0 Å². The van der Waals surface area contributed by atoms with Gasteiger partial charge >= 0.3 is 0 Å². The number of hydrogen-bond acceptors (Lipinski definition) is 3.